The molecule has 0 atom stereocenters. The van der Waals surface area contributed by atoms with Crippen molar-refractivity contribution < 1.29 is 28.6 Å². The van der Waals surface area contributed by atoms with Gasteiger partial charge in [0.25, 0.3) is 0 Å². The summed E-state index contributed by atoms with van der Waals surface area (Å²) in [4.78, 5) is 34.0. The average Bonchev–Trinajstić information content (AvgIpc) is 2.50. The van der Waals surface area contributed by atoms with Crippen molar-refractivity contribution >= 4 is 17.8 Å². The monoisotopic (exact) mass is 319 g/mol. The maximum Gasteiger partial charge on any atom is 0.307 e. The maximum absolute atomic E-state index is 11.4. The summed E-state index contributed by atoms with van der Waals surface area (Å²) in [6.07, 6.45) is 0.0714. The van der Waals surface area contributed by atoms with Gasteiger partial charge in [0.15, 0.2) is 0 Å². The first kappa shape index (κ1) is 20.3. The van der Waals surface area contributed by atoms with Crippen LogP contribution in [0.5, 0.6) is 0 Å². The highest BCUT2D eigenvalue weighted by molar-refractivity contribution is 5.85. The molecule has 0 unspecified atom stereocenters. The molecular formula is C13H25N3O6. The average molecular weight is 319 g/mol. The zero-order valence-electron chi connectivity index (χ0n) is 13.1. The fourth-order valence-corrected chi connectivity index (χ4v) is 1.29. The van der Waals surface area contributed by atoms with Crippen LogP contribution in [0.25, 0.3) is 0 Å². The molecule has 0 aromatic carbocycles. The molecule has 3 N–H and O–H groups in total. The van der Waals surface area contributed by atoms with Gasteiger partial charge in [0.05, 0.1) is 32.7 Å². The summed E-state index contributed by atoms with van der Waals surface area (Å²) in [6, 6.07) is 0. The second kappa shape index (κ2) is 14.2. The summed E-state index contributed by atoms with van der Waals surface area (Å²) in [6.45, 7) is 1.73. The number of carbonyl (C=O) groups excluding carboxylic acids is 3. The van der Waals surface area contributed by atoms with E-state index in [9.17, 15) is 14.4 Å². The summed E-state index contributed by atoms with van der Waals surface area (Å²) in [7, 11) is 3.08. The molecule has 0 spiro atoms. The highest BCUT2D eigenvalue weighted by Crippen LogP contribution is 1.85. The Labute approximate surface area is 130 Å². The zero-order chi connectivity index (χ0) is 16.6. The lowest BCUT2D eigenvalue weighted by Gasteiger charge is -2.08. The number of rotatable bonds is 13. The summed E-state index contributed by atoms with van der Waals surface area (Å²) in [5.41, 5.74) is 0. The molecule has 0 aliphatic carbocycles. The highest BCUT2D eigenvalue weighted by Gasteiger charge is 2.07. The number of amides is 2. The van der Waals surface area contributed by atoms with Crippen molar-refractivity contribution in [1.29, 1.82) is 0 Å². The highest BCUT2D eigenvalue weighted by atomic mass is 16.6. The van der Waals surface area contributed by atoms with Crippen LogP contribution in [0.15, 0.2) is 0 Å². The minimum absolute atomic E-state index is 0.0714. The van der Waals surface area contributed by atoms with Crippen LogP contribution < -0.4 is 16.0 Å². The summed E-state index contributed by atoms with van der Waals surface area (Å²) < 4.78 is 14.4. The molecule has 0 saturated carbocycles. The van der Waals surface area contributed by atoms with Crippen molar-refractivity contribution in [3.8, 4) is 0 Å². The molecular weight excluding hydrogens is 294 g/mol. The Morgan fingerprint density at radius 2 is 1.50 bits per heavy atom. The first-order chi connectivity index (χ1) is 10.6. The van der Waals surface area contributed by atoms with Crippen LogP contribution in [-0.4, -0.2) is 78.0 Å². The quantitative estimate of drug-likeness (QED) is 0.266. The normalized spacial score (nSPS) is 10.1. The lowest BCUT2D eigenvalue weighted by atomic mass is 10.4. The number of carbonyl (C=O) groups is 3. The van der Waals surface area contributed by atoms with Crippen LogP contribution >= 0.6 is 0 Å². The Kier molecular flexibility index (Phi) is 13.1. The van der Waals surface area contributed by atoms with E-state index in [-0.39, 0.29) is 44.5 Å². The van der Waals surface area contributed by atoms with Crippen molar-refractivity contribution in [2.24, 2.45) is 0 Å². The van der Waals surface area contributed by atoms with Gasteiger partial charge in [0.2, 0.25) is 11.8 Å². The van der Waals surface area contributed by atoms with Crippen molar-refractivity contribution in [3.05, 3.63) is 0 Å². The number of esters is 1. The first-order valence-corrected chi connectivity index (χ1v) is 6.97. The second-order valence-electron chi connectivity index (χ2n) is 4.26. The van der Waals surface area contributed by atoms with E-state index in [4.69, 9.17) is 14.2 Å². The minimum atomic E-state index is -0.413. The van der Waals surface area contributed by atoms with E-state index in [2.05, 4.69) is 16.0 Å². The van der Waals surface area contributed by atoms with E-state index in [0.29, 0.717) is 19.8 Å². The van der Waals surface area contributed by atoms with Gasteiger partial charge in [-0.1, -0.05) is 0 Å². The van der Waals surface area contributed by atoms with Crippen LogP contribution in [0.4, 0.5) is 0 Å². The molecule has 0 fully saturated rings. The van der Waals surface area contributed by atoms with Crippen LogP contribution in [0, 0.1) is 0 Å². The van der Waals surface area contributed by atoms with E-state index in [1.54, 1.807) is 7.11 Å². The van der Waals surface area contributed by atoms with Gasteiger partial charge in [0.1, 0.15) is 6.61 Å². The van der Waals surface area contributed by atoms with Gasteiger partial charge in [-0.25, -0.2) is 0 Å². The molecule has 9 heteroatoms. The zero-order valence-corrected chi connectivity index (χ0v) is 13.1. The van der Waals surface area contributed by atoms with Crippen LogP contribution in [0.1, 0.15) is 6.42 Å². The number of hydrogen-bond acceptors (Lipinski definition) is 7. The predicted molar refractivity (Wildman–Crippen MR) is 78.2 cm³/mol. The van der Waals surface area contributed by atoms with Gasteiger partial charge in [-0.2, -0.15) is 0 Å². The fraction of sp³-hybridized carbons (Fsp3) is 0.769. The molecule has 0 aliphatic rings. The SMILES string of the molecule is COCCNCC(=O)NCC(=O)NCCC(=O)OCCOC. The van der Waals surface area contributed by atoms with Crippen molar-refractivity contribution in [3.63, 3.8) is 0 Å². The maximum atomic E-state index is 11.4. The molecule has 0 aromatic rings. The molecule has 2 amide bonds. The molecule has 0 saturated heterocycles. The number of hydrogen-bond donors (Lipinski definition) is 3. The van der Waals surface area contributed by atoms with E-state index in [1.165, 1.54) is 7.11 Å². The topological polar surface area (TPSA) is 115 Å². The smallest absolute Gasteiger partial charge is 0.307 e. The molecule has 0 heterocycles. The third-order valence-electron chi connectivity index (χ3n) is 2.42. The third kappa shape index (κ3) is 13.3. The summed E-state index contributed by atoms with van der Waals surface area (Å²) in [5.74, 6) is -1.07. The van der Waals surface area contributed by atoms with Gasteiger partial charge in [-0.15, -0.1) is 0 Å². The van der Waals surface area contributed by atoms with Crippen LogP contribution in [-0.2, 0) is 28.6 Å². The van der Waals surface area contributed by atoms with E-state index in [1.807, 2.05) is 0 Å². The van der Waals surface area contributed by atoms with Crippen molar-refractivity contribution in [2.45, 2.75) is 6.42 Å². The molecule has 0 bridgehead atoms. The lowest BCUT2D eigenvalue weighted by molar-refractivity contribution is -0.144. The number of ether oxygens (including phenoxy) is 3. The molecule has 0 rings (SSSR count). The Morgan fingerprint density at radius 1 is 0.818 bits per heavy atom. The standard InChI is InChI=1S/C13H25N3O6/c1-20-6-5-14-9-11(17)16-10-12(18)15-4-3-13(19)22-8-7-21-2/h14H,3-10H2,1-2H3,(H,15,18)(H,16,17). The Hall–Kier alpha value is -1.71. The van der Waals surface area contributed by atoms with Crippen molar-refractivity contribution in [1.82, 2.24) is 16.0 Å². The Balaban J connectivity index is 3.52. The molecule has 0 radical (unpaired) electrons. The van der Waals surface area contributed by atoms with Crippen LogP contribution in [0.3, 0.4) is 0 Å². The molecule has 0 aromatic heterocycles. The van der Waals surface area contributed by atoms with Gasteiger partial charge in [0, 0.05) is 27.3 Å². The van der Waals surface area contributed by atoms with E-state index >= 15 is 0 Å². The second-order valence-corrected chi connectivity index (χ2v) is 4.26. The minimum Gasteiger partial charge on any atom is -0.463 e. The molecule has 128 valence electrons. The number of methoxy groups -OCH3 is 2. The molecule has 9 nitrogen and oxygen atoms in total. The molecule has 0 aliphatic heterocycles. The first-order valence-electron chi connectivity index (χ1n) is 6.97. The van der Waals surface area contributed by atoms with Crippen LogP contribution in [0.2, 0.25) is 0 Å². The van der Waals surface area contributed by atoms with Crippen molar-refractivity contribution in [2.75, 3.05) is 60.2 Å². The van der Waals surface area contributed by atoms with Gasteiger partial charge < -0.3 is 30.2 Å². The lowest BCUT2D eigenvalue weighted by Crippen LogP contribution is -2.41. The Morgan fingerprint density at radius 3 is 2.18 bits per heavy atom. The van der Waals surface area contributed by atoms with Gasteiger partial charge in [-0.3, -0.25) is 14.4 Å². The Bertz CT molecular complexity index is 338. The summed E-state index contributed by atoms with van der Waals surface area (Å²) >= 11 is 0. The third-order valence-corrected chi connectivity index (χ3v) is 2.42. The van der Waals surface area contributed by atoms with E-state index < -0.39 is 5.97 Å². The van der Waals surface area contributed by atoms with Gasteiger partial charge >= 0.3 is 5.97 Å². The summed E-state index contributed by atoms with van der Waals surface area (Å²) in [5, 5.41) is 7.81. The predicted octanol–water partition coefficient (Wildman–Crippen LogP) is -1.97. The van der Waals surface area contributed by atoms with Gasteiger partial charge in [-0.05, 0) is 0 Å². The largest absolute Gasteiger partial charge is 0.463 e. The molecule has 22 heavy (non-hydrogen) atoms. The number of nitrogens with one attached hydrogen (secondary N) is 3. The van der Waals surface area contributed by atoms with E-state index in [0.717, 1.165) is 0 Å². The fourth-order valence-electron chi connectivity index (χ4n) is 1.29.